The Balaban J connectivity index is 2.78. The molecule has 3 nitrogen and oxygen atoms in total. The van der Waals surface area contributed by atoms with Crippen molar-refractivity contribution >= 4 is 6.08 Å². The van der Waals surface area contributed by atoms with E-state index in [9.17, 15) is 0 Å². The standard InChI is InChI=1S/C15H23NO2/c1-5-8-16-11-12(2)9-13-6-7-14(17-3)10-15(13)18-4/h6-7,9-10,16H,5,8,11H2,1-4H3. The fraction of sp³-hybridized carbons (Fsp3) is 0.467. The highest BCUT2D eigenvalue weighted by atomic mass is 16.5. The average molecular weight is 249 g/mol. The maximum absolute atomic E-state index is 5.37. The third-order valence-electron chi connectivity index (χ3n) is 2.67. The summed E-state index contributed by atoms with van der Waals surface area (Å²) in [5.41, 5.74) is 2.36. The molecule has 0 aliphatic rings. The maximum atomic E-state index is 5.37. The Bertz CT molecular complexity index is 399. The molecule has 3 heteroatoms. The molecule has 0 fully saturated rings. The molecule has 0 unspecified atom stereocenters. The zero-order chi connectivity index (χ0) is 13.4. The van der Waals surface area contributed by atoms with Crippen LogP contribution >= 0.6 is 0 Å². The molecular weight excluding hydrogens is 226 g/mol. The minimum Gasteiger partial charge on any atom is -0.497 e. The van der Waals surface area contributed by atoms with Crippen molar-refractivity contribution in [3.05, 3.63) is 29.3 Å². The van der Waals surface area contributed by atoms with E-state index >= 15 is 0 Å². The molecule has 0 radical (unpaired) electrons. The van der Waals surface area contributed by atoms with Gasteiger partial charge in [-0.05, 0) is 32.0 Å². The fourth-order valence-electron chi connectivity index (χ4n) is 1.72. The molecule has 1 N–H and O–H groups in total. The number of nitrogens with one attached hydrogen (secondary N) is 1. The largest absolute Gasteiger partial charge is 0.497 e. The van der Waals surface area contributed by atoms with Crippen LogP contribution in [0.2, 0.25) is 0 Å². The van der Waals surface area contributed by atoms with E-state index in [4.69, 9.17) is 9.47 Å². The monoisotopic (exact) mass is 249 g/mol. The number of benzene rings is 1. The van der Waals surface area contributed by atoms with Crippen LogP contribution in [-0.4, -0.2) is 27.3 Å². The van der Waals surface area contributed by atoms with E-state index in [2.05, 4.69) is 25.2 Å². The molecule has 1 aromatic carbocycles. The molecule has 0 heterocycles. The molecule has 0 aliphatic heterocycles. The van der Waals surface area contributed by atoms with Crippen molar-refractivity contribution in [2.45, 2.75) is 20.3 Å². The first-order valence-electron chi connectivity index (χ1n) is 6.31. The van der Waals surface area contributed by atoms with E-state index in [1.54, 1.807) is 14.2 Å². The lowest BCUT2D eigenvalue weighted by atomic mass is 10.1. The summed E-state index contributed by atoms with van der Waals surface area (Å²) in [5.74, 6) is 1.65. The summed E-state index contributed by atoms with van der Waals surface area (Å²) in [7, 11) is 3.33. The van der Waals surface area contributed by atoms with E-state index in [0.29, 0.717) is 0 Å². The van der Waals surface area contributed by atoms with Gasteiger partial charge in [-0.1, -0.05) is 18.6 Å². The highest BCUT2D eigenvalue weighted by Gasteiger charge is 2.03. The van der Waals surface area contributed by atoms with Crippen molar-refractivity contribution in [3.63, 3.8) is 0 Å². The van der Waals surface area contributed by atoms with E-state index in [0.717, 1.165) is 36.6 Å². The van der Waals surface area contributed by atoms with Crippen LogP contribution in [0, 0.1) is 0 Å². The van der Waals surface area contributed by atoms with E-state index < -0.39 is 0 Å². The second-order valence-corrected chi connectivity index (χ2v) is 4.28. The van der Waals surface area contributed by atoms with Crippen molar-refractivity contribution in [1.29, 1.82) is 0 Å². The number of hydrogen-bond acceptors (Lipinski definition) is 3. The van der Waals surface area contributed by atoms with Crippen LogP contribution in [0.5, 0.6) is 11.5 Å². The van der Waals surface area contributed by atoms with Crippen molar-refractivity contribution in [2.24, 2.45) is 0 Å². The number of methoxy groups -OCH3 is 2. The summed E-state index contributed by atoms with van der Waals surface area (Å²) < 4.78 is 10.6. The zero-order valence-corrected chi connectivity index (χ0v) is 11.7. The number of rotatable bonds is 7. The molecule has 0 aromatic heterocycles. The Morgan fingerprint density at radius 3 is 2.67 bits per heavy atom. The summed E-state index contributed by atoms with van der Waals surface area (Å²) in [6.45, 7) is 6.23. The Morgan fingerprint density at radius 2 is 2.06 bits per heavy atom. The van der Waals surface area contributed by atoms with Gasteiger partial charge in [-0.15, -0.1) is 0 Å². The van der Waals surface area contributed by atoms with Crippen LogP contribution in [0.1, 0.15) is 25.8 Å². The average Bonchev–Trinajstić information content (AvgIpc) is 2.39. The lowest BCUT2D eigenvalue weighted by Gasteiger charge is -2.09. The maximum Gasteiger partial charge on any atom is 0.129 e. The fourth-order valence-corrected chi connectivity index (χ4v) is 1.72. The number of ether oxygens (including phenoxy) is 2. The van der Waals surface area contributed by atoms with Gasteiger partial charge in [0.15, 0.2) is 0 Å². The molecule has 0 saturated carbocycles. The quantitative estimate of drug-likeness (QED) is 0.753. The van der Waals surface area contributed by atoms with Gasteiger partial charge in [-0.25, -0.2) is 0 Å². The Labute approximate surface area is 110 Å². The second kappa shape index (κ2) is 7.77. The van der Waals surface area contributed by atoms with E-state index in [1.807, 2.05) is 18.2 Å². The van der Waals surface area contributed by atoms with Crippen LogP contribution in [-0.2, 0) is 0 Å². The summed E-state index contributed by atoms with van der Waals surface area (Å²) in [6.07, 6.45) is 3.29. The third-order valence-corrected chi connectivity index (χ3v) is 2.67. The molecule has 0 atom stereocenters. The predicted molar refractivity (Wildman–Crippen MR) is 76.4 cm³/mol. The van der Waals surface area contributed by atoms with Gasteiger partial charge in [0.1, 0.15) is 11.5 Å². The molecule has 100 valence electrons. The minimum absolute atomic E-state index is 0.811. The highest BCUT2D eigenvalue weighted by molar-refractivity contribution is 5.61. The van der Waals surface area contributed by atoms with Gasteiger partial charge in [-0.3, -0.25) is 0 Å². The molecular formula is C15H23NO2. The Morgan fingerprint density at radius 1 is 1.28 bits per heavy atom. The van der Waals surface area contributed by atoms with Crippen LogP contribution in [0.3, 0.4) is 0 Å². The Hall–Kier alpha value is -1.48. The van der Waals surface area contributed by atoms with Crippen LogP contribution in [0.25, 0.3) is 6.08 Å². The molecule has 0 spiro atoms. The summed E-state index contributed by atoms with van der Waals surface area (Å²) in [5, 5.41) is 3.38. The van der Waals surface area contributed by atoms with E-state index in [-0.39, 0.29) is 0 Å². The van der Waals surface area contributed by atoms with Crippen molar-refractivity contribution < 1.29 is 9.47 Å². The molecule has 0 amide bonds. The molecule has 0 bridgehead atoms. The first-order chi connectivity index (χ1) is 8.71. The Kier molecular flexibility index (Phi) is 6.29. The first-order valence-corrected chi connectivity index (χ1v) is 6.31. The molecule has 0 aliphatic carbocycles. The van der Waals surface area contributed by atoms with Gasteiger partial charge in [0.05, 0.1) is 14.2 Å². The smallest absolute Gasteiger partial charge is 0.129 e. The van der Waals surface area contributed by atoms with Gasteiger partial charge < -0.3 is 14.8 Å². The lowest BCUT2D eigenvalue weighted by molar-refractivity contribution is 0.393. The molecule has 1 rings (SSSR count). The van der Waals surface area contributed by atoms with Crippen LogP contribution in [0.4, 0.5) is 0 Å². The normalized spacial score (nSPS) is 11.4. The third kappa shape index (κ3) is 4.41. The predicted octanol–water partition coefficient (Wildman–Crippen LogP) is 3.11. The van der Waals surface area contributed by atoms with Gasteiger partial charge >= 0.3 is 0 Å². The van der Waals surface area contributed by atoms with Crippen LogP contribution < -0.4 is 14.8 Å². The van der Waals surface area contributed by atoms with Crippen LogP contribution in [0.15, 0.2) is 23.8 Å². The first kappa shape index (κ1) is 14.6. The molecule has 18 heavy (non-hydrogen) atoms. The molecule has 0 saturated heterocycles. The number of hydrogen-bond donors (Lipinski definition) is 1. The SMILES string of the molecule is CCCNCC(C)=Cc1ccc(OC)cc1OC. The summed E-state index contributed by atoms with van der Waals surface area (Å²) in [4.78, 5) is 0. The molecule has 1 aromatic rings. The van der Waals surface area contributed by atoms with Gasteiger partial charge in [0.25, 0.3) is 0 Å². The zero-order valence-electron chi connectivity index (χ0n) is 11.7. The lowest BCUT2D eigenvalue weighted by Crippen LogP contribution is -2.16. The van der Waals surface area contributed by atoms with E-state index in [1.165, 1.54) is 5.57 Å². The summed E-state index contributed by atoms with van der Waals surface area (Å²) >= 11 is 0. The van der Waals surface area contributed by atoms with Crippen molar-refractivity contribution in [1.82, 2.24) is 5.32 Å². The highest BCUT2D eigenvalue weighted by Crippen LogP contribution is 2.26. The van der Waals surface area contributed by atoms with Gasteiger partial charge in [0, 0.05) is 18.2 Å². The van der Waals surface area contributed by atoms with Gasteiger partial charge in [-0.2, -0.15) is 0 Å². The summed E-state index contributed by atoms with van der Waals surface area (Å²) in [6, 6.07) is 5.86. The minimum atomic E-state index is 0.811. The second-order valence-electron chi connectivity index (χ2n) is 4.28. The topological polar surface area (TPSA) is 30.5 Å². The van der Waals surface area contributed by atoms with Crippen molar-refractivity contribution in [3.8, 4) is 11.5 Å². The van der Waals surface area contributed by atoms with Crippen molar-refractivity contribution in [2.75, 3.05) is 27.3 Å². The van der Waals surface area contributed by atoms with Gasteiger partial charge in [0.2, 0.25) is 0 Å².